The molecule has 0 aliphatic rings. The molecule has 0 saturated carbocycles. The molecule has 1 aromatic rings. The third kappa shape index (κ3) is 2.94. The van der Waals surface area contributed by atoms with Crippen molar-refractivity contribution in [1.29, 1.82) is 0 Å². The third-order valence-electron chi connectivity index (χ3n) is 3.94. The second kappa shape index (κ2) is 6.24. The fraction of sp³-hybridized carbons (Fsp3) is 0.533. The van der Waals surface area contributed by atoms with Gasteiger partial charge in [-0.15, -0.1) is 0 Å². The van der Waals surface area contributed by atoms with Crippen molar-refractivity contribution in [1.82, 2.24) is 4.90 Å². The molecule has 0 fully saturated rings. The van der Waals surface area contributed by atoms with Crippen LogP contribution in [0.2, 0.25) is 0 Å². The van der Waals surface area contributed by atoms with Crippen LogP contribution < -0.4 is 5.73 Å². The molecule has 4 N–H and O–H groups in total. The summed E-state index contributed by atoms with van der Waals surface area (Å²) in [7, 11) is 1.60. The van der Waals surface area contributed by atoms with Crippen LogP contribution >= 0.6 is 0 Å². The van der Waals surface area contributed by atoms with E-state index in [-0.39, 0.29) is 19.1 Å². The monoisotopic (exact) mass is 280 g/mol. The molecule has 5 nitrogen and oxygen atoms in total. The van der Waals surface area contributed by atoms with Crippen LogP contribution in [0.3, 0.4) is 0 Å². The van der Waals surface area contributed by atoms with Gasteiger partial charge >= 0.3 is 0 Å². The van der Waals surface area contributed by atoms with E-state index < -0.39 is 6.10 Å². The zero-order chi connectivity index (χ0) is 15.6. The molecule has 0 aliphatic carbocycles. The van der Waals surface area contributed by atoms with Crippen molar-refractivity contribution >= 4 is 11.6 Å². The summed E-state index contributed by atoms with van der Waals surface area (Å²) in [6.45, 7) is 7.33. The minimum Gasteiger partial charge on any atom is -0.398 e. The van der Waals surface area contributed by atoms with Gasteiger partial charge in [-0.05, 0) is 49.9 Å². The number of aliphatic hydroxyl groups is 2. The Balaban J connectivity index is 3.23. The molecule has 112 valence electrons. The Labute approximate surface area is 120 Å². The molecule has 5 heteroatoms. The van der Waals surface area contributed by atoms with Gasteiger partial charge in [-0.1, -0.05) is 0 Å². The summed E-state index contributed by atoms with van der Waals surface area (Å²) in [5.74, 6) is -0.192. The largest absolute Gasteiger partial charge is 0.398 e. The maximum atomic E-state index is 12.5. The van der Waals surface area contributed by atoms with E-state index in [0.29, 0.717) is 11.3 Å². The molecule has 0 spiro atoms. The van der Waals surface area contributed by atoms with Gasteiger partial charge in [0.2, 0.25) is 0 Å². The lowest BCUT2D eigenvalue weighted by atomic mass is 9.91. The molecule has 20 heavy (non-hydrogen) atoms. The summed E-state index contributed by atoms with van der Waals surface area (Å²) in [6.07, 6.45) is -0.937. The molecule has 1 rings (SSSR count). The van der Waals surface area contributed by atoms with E-state index in [1.54, 1.807) is 7.05 Å². The summed E-state index contributed by atoms with van der Waals surface area (Å²) in [5.41, 5.74) is 10.9. The van der Waals surface area contributed by atoms with Crippen molar-refractivity contribution in [2.75, 3.05) is 25.9 Å². The normalized spacial score (nSPS) is 12.3. The summed E-state index contributed by atoms with van der Waals surface area (Å²) in [4.78, 5) is 13.9. The lowest BCUT2D eigenvalue weighted by Gasteiger charge is -2.24. The van der Waals surface area contributed by atoms with E-state index >= 15 is 0 Å². The zero-order valence-electron chi connectivity index (χ0n) is 12.8. The molecule has 1 atom stereocenters. The van der Waals surface area contributed by atoms with Gasteiger partial charge in [0, 0.05) is 24.8 Å². The van der Waals surface area contributed by atoms with Gasteiger partial charge in [-0.2, -0.15) is 0 Å². The first-order chi connectivity index (χ1) is 9.22. The average molecular weight is 280 g/mol. The Hall–Kier alpha value is -1.59. The number of rotatable bonds is 4. The third-order valence-corrected chi connectivity index (χ3v) is 3.94. The molecule has 0 aliphatic heterocycles. The van der Waals surface area contributed by atoms with Crippen molar-refractivity contribution < 1.29 is 15.0 Å². The highest BCUT2D eigenvalue weighted by molar-refractivity contribution is 5.99. The van der Waals surface area contributed by atoms with E-state index in [0.717, 1.165) is 22.3 Å². The number of nitrogens with two attached hydrogens (primary N) is 1. The number of nitrogens with zero attached hydrogens (tertiary/aromatic N) is 1. The number of benzene rings is 1. The predicted molar refractivity (Wildman–Crippen MR) is 79.9 cm³/mol. The van der Waals surface area contributed by atoms with E-state index in [1.807, 2.05) is 27.7 Å². The highest BCUT2D eigenvalue weighted by Gasteiger charge is 2.22. The first-order valence-corrected chi connectivity index (χ1v) is 6.62. The summed E-state index contributed by atoms with van der Waals surface area (Å²) in [6, 6.07) is 0. The van der Waals surface area contributed by atoms with E-state index in [1.165, 1.54) is 4.90 Å². The van der Waals surface area contributed by atoms with Crippen LogP contribution in [0.5, 0.6) is 0 Å². The van der Waals surface area contributed by atoms with Crippen molar-refractivity contribution in [3.63, 3.8) is 0 Å². The number of carbonyl (C=O) groups is 1. The molecule has 0 radical (unpaired) electrons. The standard InChI is InChI=1S/C15H24N2O3/c1-8-9(2)13(11(4)14(16)10(8)3)15(20)17(5)6-12(19)7-18/h12,18-19H,6-7,16H2,1-5H3. The van der Waals surface area contributed by atoms with E-state index in [9.17, 15) is 9.90 Å². The number of aliphatic hydroxyl groups excluding tert-OH is 2. The average Bonchev–Trinajstić information content (AvgIpc) is 2.42. The predicted octanol–water partition coefficient (Wildman–Crippen LogP) is 0.928. The first kappa shape index (κ1) is 16.5. The Bertz CT molecular complexity index is 497. The minimum absolute atomic E-state index is 0.0844. The number of hydrogen-bond acceptors (Lipinski definition) is 4. The molecular formula is C15H24N2O3. The number of carbonyl (C=O) groups excluding carboxylic acids is 1. The summed E-state index contributed by atoms with van der Waals surface area (Å²) in [5, 5.41) is 18.3. The Kier molecular flexibility index (Phi) is 5.14. The number of likely N-dealkylation sites (N-methyl/N-ethyl adjacent to an activating group) is 1. The summed E-state index contributed by atoms with van der Waals surface area (Å²) < 4.78 is 0. The van der Waals surface area contributed by atoms with Crippen LogP contribution in [-0.4, -0.2) is 47.3 Å². The SMILES string of the molecule is Cc1c(C)c(N)c(C)c(C(=O)N(C)CC(O)CO)c1C. The Morgan fingerprint density at radius 1 is 1.15 bits per heavy atom. The number of hydrogen-bond donors (Lipinski definition) is 3. The molecule has 0 heterocycles. The van der Waals surface area contributed by atoms with Gasteiger partial charge in [-0.3, -0.25) is 4.79 Å². The van der Waals surface area contributed by atoms with Crippen molar-refractivity contribution in [2.24, 2.45) is 0 Å². The van der Waals surface area contributed by atoms with E-state index in [4.69, 9.17) is 10.8 Å². The van der Waals surface area contributed by atoms with Crippen LogP contribution in [0.4, 0.5) is 5.69 Å². The zero-order valence-corrected chi connectivity index (χ0v) is 12.8. The van der Waals surface area contributed by atoms with Crippen LogP contribution in [0, 0.1) is 27.7 Å². The van der Waals surface area contributed by atoms with Crippen LogP contribution in [0.25, 0.3) is 0 Å². The second-order valence-electron chi connectivity index (χ2n) is 5.31. The quantitative estimate of drug-likeness (QED) is 0.716. The fourth-order valence-electron chi connectivity index (χ4n) is 2.34. The lowest BCUT2D eigenvalue weighted by molar-refractivity contribution is 0.0519. The number of amides is 1. The van der Waals surface area contributed by atoms with Gasteiger partial charge < -0.3 is 20.8 Å². The lowest BCUT2D eigenvalue weighted by Crippen LogP contribution is -2.36. The fourth-order valence-corrected chi connectivity index (χ4v) is 2.34. The van der Waals surface area contributed by atoms with Gasteiger partial charge in [0.05, 0.1) is 12.7 Å². The van der Waals surface area contributed by atoms with Crippen molar-refractivity contribution in [3.8, 4) is 0 Å². The number of nitrogen functional groups attached to an aromatic ring is 1. The Morgan fingerprint density at radius 3 is 2.20 bits per heavy atom. The molecule has 0 aromatic heterocycles. The maximum Gasteiger partial charge on any atom is 0.254 e. The first-order valence-electron chi connectivity index (χ1n) is 6.62. The molecule has 1 amide bonds. The van der Waals surface area contributed by atoms with Gasteiger partial charge in [0.25, 0.3) is 5.91 Å². The van der Waals surface area contributed by atoms with Gasteiger partial charge in [-0.25, -0.2) is 0 Å². The minimum atomic E-state index is -0.937. The Morgan fingerprint density at radius 2 is 1.70 bits per heavy atom. The van der Waals surface area contributed by atoms with E-state index in [2.05, 4.69) is 0 Å². The molecule has 1 aromatic carbocycles. The molecule has 1 unspecified atom stereocenters. The maximum absolute atomic E-state index is 12.5. The number of anilines is 1. The smallest absolute Gasteiger partial charge is 0.254 e. The highest BCUT2D eigenvalue weighted by Crippen LogP contribution is 2.29. The molecule has 0 bridgehead atoms. The highest BCUT2D eigenvalue weighted by atomic mass is 16.3. The van der Waals surface area contributed by atoms with Gasteiger partial charge in [0.15, 0.2) is 0 Å². The van der Waals surface area contributed by atoms with Crippen molar-refractivity contribution in [2.45, 2.75) is 33.8 Å². The second-order valence-corrected chi connectivity index (χ2v) is 5.31. The summed E-state index contributed by atoms with van der Waals surface area (Å²) >= 11 is 0. The molecule has 0 saturated heterocycles. The van der Waals surface area contributed by atoms with Crippen LogP contribution in [-0.2, 0) is 0 Å². The van der Waals surface area contributed by atoms with Crippen molar-refractivity contribution in [3.05, 3.63) is 27.8 Å². The van der Waals surface area contributed by atoms with Crippen LogP contribution in [0.1, 0.15) is 32.6 Å². The van der Waals surface area contributed by atoms with Crippen LogP contribution in [0.15, 0.2) is 0 Å². The van der Waals surface area contributed by atoms with Gasteiger partial charge in [0.1, 0.15) is 0 Å². The topological polar surface area (TPSA) is 86.8 Å². The molecular weight excluding hydrogens is 256 g/mol.